The van der Waals surface area contributed by atoms with Crippen molar-refractivity contribution in [2.75, 3.05) is 59.5 Å². The van der Waals surface area contributed by atoms with Crippen LogP contribution in [0.1, 0.15) is 180 Å². The summed E-state index contributed by atoms with van der Waals surface area (Å²) in [5.41, 5.74) is 4.39. The van der Waals surface area contributed by atoms with E-state index in [0.29, 0.717) is 44.9 Å². The molecule has 2 N–H and O–H groups in total. The van der Waals surface area contributed by atoms with E-state index in [-0.39, 0.29) is 71.9 Å². The predicted octanol–water partition coefficient (Wildman–Crippen LogP) is 19.2. The molecule has 3 fully saturated rings. The number of fused-ring (bicyclic) bond motifs is 4. The molecule has 4 aromatic carbocycles. The minimum absolute atomic E-state index is 0. The second-order valence-corrected chi connectivity index (χ2v) is 29.7. The molecule has 102 heavy (non-hydrogen) atoms. The van der Waals surface area contributed by atoms with Crippen molar-refractivity contribution in [2.24, 2.45) is 0 Å². The SMILES string of the molecule is Brc1cccc2ccncc12.C.CC(C)(C)OC(=O)N1CC=C(B2OC(C)(C)C(C)(C)O2)CC1.CC(C)(C)OC(=O)N1CC=C(c2cccc3ccncc23)CC1.CC(C)(C)OC(=O)N1CCC(c2cccc3ccncc23)CC1.CO.[2H]CC.[CH3-].[Pd].c1cc(C2CCNCC2)c2cnccc2c1. The Morgan fingerprint density at radius 2 is 0.922 bits per heavy atom. The van der Waals surface area contributed by atoms with Gasteiger partial charge in [0.2, 0.25) is 0 Å². The summed E-state index contributed by atoms with van der Waals surface area (Å²) in [6, 6.07) is 33.6. The molecule has 0 saturated carbocycles. The van der Waals surface area contributed by atoms with Crippen molar-refractivity contribution in [3.05, 3.63) is 193 Å². The molecule has 556 valence electrons. The van der Waals surface area contributed by atoms with Crippen LogP contribution in [0.4, 0.5) is 14.4 Å². The van der Waals surface area contributed by atoms with Crippen LogP contribution in [0.5, 0.6) is 0 Å². The number of ether oxygens (including phenoxy) is 3. The largest absolute Gasteiger partial charge is 0.490 e. The molecule has 3 saturated heterocycles. The van der Waals surface area contributed by atoms with Gasteiger partial charge in [0, 0.05) is 144 Å². The van der Waals surface area contributed by atoms with E-state index in [4.69, 9.17) is 30.0 Å². The molecule has 13 rings (SSSR count). The number of rotatable bonds is 4. The normalized spacial score (nSPS) is 16.6. The number of amides is 3. The number of halogens is 1. The van der Waals surface area contributed by atoms with Gasteiger partial charge in [-0.15, -0.1) is 0 Å². The zero-order chi connectivity index (χ0) is 72.8. The molecule has 0 radical (unpaired) electrons. The molecule has 0 atom stereocenters. The third-order valence-electron chi connectivity index (χ3n) is 17.8. The first kappa shape index (κ1) is 85.5. The molecular formula is C82H113BBrN8O9Pd-. The van der Waals surface area contributed by atoms with E-state index in [1.54, 1.807) is 22.9 Å². The molecule has 3 amide bonds. The van der Waals surface area contributed by atoms with E-state index in [0.717, 1.165) is 79.7 Å². The molecule has 0 unspecified atom stereocenters. The van der Waals surface area contributed by atoms with Crippen molar-refractivity contribution in [3.8, 4) is 0 Å². The summed E-state index contributed by atoms with van der Waals surface area (Å²) < 4.78 is 35.7. The second-order valence-electron chi connectivity index (χ2n) is 28.8. The van der Waals surface area contributed by atoms with Gasteiger partial charge >= 0.3 is 25.4 Å². The average molecular weight is 1550 g/mol. The van der Waals surface area contributed by atoms with Crippen LogP contribution in [0.15, 0.2) is 169 Å². The first-order valence-electron chi connectivity index (χ1n) is 35.3. The summed E-state index contributed by atoms with van der Waals surface area (Å²) in [4.78, 5) is 58.4. The molecule has 20 heteroatoms. The predicted molar refractivity (Wildman–Crippen MR) is 419 cm³/mol. The molecule has 0 spiro atoms. The Morgan fingerprint density at radius 1 is 0.549 bits per heavy atom. The second kappa shape index (κ2) is 40.2. The third-order valence-corrected chi connectivity index (χ3v) is 18.5. The van der Waals surface area contributed by atoms with Crippen LogP contribution in [0.3, 0.4) is 0 Å². The van der Waals surface area contributed by atoms with E-state index in [9.17, 15) is 14.4 Å². The van der Waals surface area contributed by atoms with Gasteiger partial charge in [0.1, 0.15) is 16.8 Å². The molecular weight excluding hydrogens is 1440 g/mol. The maximum absolute atomic E-state index is 12.2. The van der Waals surface area contributed by atoms with Gasteiger partial charge in [0.15, 0.2) is 0 Å². The number of hydrogen-bond donors (Lipinski definition) is 2. The Morgan fingerprint density at radius 3 is 1.33 bits per heavy atom. The summed E-state index contributed by atoms with van der Waals surface area (Å²) in [6.07, 6.45) is 24.5. The zero-order valence-corrected chi connectivity index (χ0v) is 65.5. The van der Waals surface area contributed by atoms with Crippen LogP contribution < -0.4 is 5.32 Å². The number of aromatic nitrogens is 4. The number of carbonyl (C=O) groups excluding carboxylic acids is 3. The van der Waals surface area contributed by atoms with Crippen LogP contribution >= 0.6 is 15.9 Å². The minimum Gasteiger partial charge on any atom is -0.444 e. The Bertz CT molecular complexity index is 4000. The number of nitrogens with zero attached hydrogens (tertiary/aromatic N) is 7. The van der Waals surface area contributed by atoms with E-state index >= 15 is 0 Å². The Labute approximate surface area is 632 Å². The van der Waals surface area contributed by atoms with Crippen LogP contribution in [0.2, 0.25) is 0 Å². The van der Waals surface area contributed by atoms with E-state index in [2.05, 4.69) is 120 Å². The Hall–Kier alpha value is -7.14. The third kappa shape index (κ3) is 25.0. The van der Waals surface area contributed by atoms with Crippen molar-refractivity contribution in [3.63, 3.8) is 0 Å². The summed E-state index contributed by atoms with van der Waals surface area (Å²) in [5, 5.41) is 20.2. The smallest absolute Gasteiger partial charge is 0.444 e. The number of benzene rings is 4. The molecule has 5 aliphatic rings. The number of aliphatic hydroxyl groups is 1. The first-order chi connectivity index (χ1) is 47.5. The summed E-state index contributed by atoms with van der Waals surface area (Å²) in [6.45, 7) is 33.7. The zero-order valence-electron chi connectivity index (χ0n) is 63.4. The fourth-order valence-corrected chi connectivity index (χ4v) is 12.6. The fourth-order valence-electron chi connectivity index (χ4n) is 12.1. The number of pyridine rings is 4. The maximum Gasteiger partial charge on any atom is 0.490 e. The summed E-state index contributed by atoms with van der Waals surface area (Å²) in [5.74, 6) is 1.18. The van der Waals surface area contributed by atoms with Gasteiger partial charge in [0.25, 0.3) is 0 Å². The quantitative estimate of drug-likeness (QED) is 0.0961. The van der Waals surface area contributed by atoms with Crippen molar-refractivity contribution < 1.29 is 64.8 Å². The number of hydrogen-bond acceptors (Lipinski definition) is 14. The molecule has 17 nitrogen and oxygen atoms in total. The van der Waals surface area contributed by atoms with Gasteiger partial charge < -0.3 is 56.1 Å². The minimum atomic E-state index is -0.465. The van der Waals surface area contributed by atoms with Gasteiger partial charge in [-0.2, -0.15) is 0 Å². The van der Waals surface area contributed by atoms with Crippen LogP contribution in [0, 0.1) is 7.43 Å². The number of carbonyl (C=O) groups is 3. The number of piperidine rings is 2. The van der Waals surface area contributed by atoms with Gasteiger partial charge in [-0.25, -0.2) is 14.4 Å². The van der Waals surface area contributed by atoms with Gasteiger partial charge in [-0.3, -0.25) is 19.9 Å². The van der Waals surface area contributed by atoms with Crippen molar-refractivity contribution in [2.45, 2.75) is 190 Å². The number of nitrogens with one attached hydrogen (secondary N) is 1. The summed E-state index contributed by atoms with van der Waals surface area (Å²) in [7, 11) is 0.686. The number of likely N-dealkylation sites (tertiary alicyclic amines) is 1. The Kier molecular flexibility index (Phi) is 33.7. The molecule has 0 aliphatic carbocycles. The fraction of sp³-hybridized carbons (Fsp3) is 0.463. The monoisotopic (exact) mass is 1550 g/mol. The van der Waals surface area contributed by atoms with E-state index in [1.807, 2.05) is 169 Å². The Balaban J connectivity index is 0.000000271. The maximum atomic E-state index is 12.2. The topological polar surface area (TPSA) is 191 Å². The number of aliphatic hydroxyl groups excluding tert-OH is 1. The summed E-state index contributed by atoms with van der Waals surface area (Å²) >= 11 is 3.46. The molecule has 8 aromatic rings. The van der Waals surface area contributed by atoms with Crippen molar-refractivity contribution in [1.29, 1.82) is 0 Å². The van der Waals surface area contributed by atoms with E-state index in [1.165, 1.54) is 67.4 Å². The standard InChI is InChI=1S/C19H24N2O2.C19H22N2O2.C16H28BNO4.C14H16N2.C9H6BrN.C2H6.CH4O.CH4.CH3.Pd/c2*1-19(2,3)23-18(22)21-11-8-15(9-12-21)16-6-4-5-14-7-10-20-13-17(14)16;1-14(2,3)20-13(19)18-10-8-12(9-11-18)17-21-15(4,5)16(6,7)22-17;1-2-11-6-9-16-10-14(11)13(3-1)12-4-7-15-8-5-12;10-9-3-1-2-7-4-5-11-6-8(7)9;2*1-2;;;/h4-7,10,13,15H,8-9,11-12H2,1-3H3;4-8,10,13H,9,11-12H2,1-3H3;8H,9-11H2,1-7H3;1-3,6,9-10,12,15H,4-5,7-8H2;1-6H;1-2H3;2H,1H3;1H4;1H3;/q;;;;;;;;-1;/i;;;;;1D;;;;. The molecule has 9 heterocycles. The van der Waals surface area contributed by atoms with Gasteiger partial charge in [-0.05, 0) is 233 Å². The van der Waals surface area contributed by atoms with Gasteiger partial charge in [-0.1, -0.05) is 116 Å². The molecule has 4 aromatic heterocycles. The first-order valence-corrected chi connectivity index (χ1v) is 35.4. The average Bonchev–Trinajstić information content (AvgIpc) is 1.76. The van der Waals surface area contributed by atoms with Crippen LogP contribution in [-0.2, 0) is 43.9 Å². The van der Waals surface area contributed by atoms with Crippen LogP contribution in [-0.4, -0.2) is 153 Å². The van der Waals surface area contributed by atoms with Crippen molar-refractivity contribution >= 4 is 90.0 Å². The van der Waals surface area contributed by atoms with Gasteiger partial charge in [0.05, 0.1) is 11.2 Å². The molecule has 0 bridgehead atoms. The van der Waals surface area contributed by atoms with E-state index < -0.39 is 16.8 Å². The molecule has 5 aliphatic heterocycles. The van der Waals surface area contributed by atoms with Crippen LogP contribution in [0.25, 0.3) is 48.7 Å². The van der Waals surface area contributed by atoms with Crippen molar-refractivity contribution in [1.82, 2.24) is 40.0 Å².